The number of anilines is 2. The van der Waals surface area contributed by atoms with Crippen molar-refractivity contribution in [3.8, 4) is 0 Å². The number of hydrogen-bond acceptors (Lipinski definition) is 3. The van der Waals surface area contributed by atoms with Gasteiger partial charge in [0.1, 0.15) is 0 Å². The highest BCUT2D eigenvalue weighted by Gasteiger charge is 2.57. The largest absolute Gasteiger partial charge is 0.385 e. The third-order valence-corrected chi connectivity index (χ3v) is 5.93. The smallest absolute Gasteiger partial charge is 0.224 e. The van der Waals surface area contributed by atoms with Gasteiger partial charge in [0.25, 0.3) is 0 Å². The molecule has 0 saturated carbocycles. The average Bonchev–Trinajstić information content (AvgIpc) is 2.61. The van der Waals surface area contributed by atoms with Crippen molar-refractivity contribution in [2.45, 2.75) is 45.6 Å². The Morgan fingerprint density at radius 2 is 1.86 bits per heavy atom. The van der Waals surface area contributed by atoms with Crippen LogP contribution in [0.4, 0.5) is 11.4 Å². The zero-order chi connectivity index (χ0) is 20.7. The summed E-state index contributed by atoms with van der Waals surface area (Å²) in [6, 6.07) is 17.0. The summed E-state index contributed by atoms with van der Waals surface area (Å²) in [6.07, 6.45) is 0. The second-order valence-corrected chi connectivity index (χ2v) is 8.09. The predicted molar refractivity (Wildman–Crippen MR) is 112 cm³/mol. The SMILES string of the molecule is CCNc1[c]cc2c(c1)N(C(C)=O)C(C)(C)C(C(N)=O)C2(C)c1ccccc1. The molecule has 3 rings (SSSR count). The Morgan fingerprint density at radius 3 is 2.39 bits per heavy atom. The van der Waals surface area contributed by atoms with Crippen molar-refractivity contribution in [2.75, 3.05) is 16.8 Å². The molecule has 5 heteroatoms. The molecule has 0 bridgehead atoms. The molecule has 0 spiro atoms. The number of primary amides is 1. The summed E-state index contributed by atoms with van der Waals surface area (Å²) in [5.41, 5.74) is 7.92. The van der Waals surface area contributed by atoms with E-state index in [1.807, 2.05) is 70.2 Å². The van der Waals surface area contributed by atoms with Gasteiger partial charge in [-0.15, -0.1) is 0 Å². The minimum Gasteiger partial charge on any atom is -0.385 e. The number of nitrogens with two attached hydrogens (primary N) is 1. The summed E-state index contributed by atoms with van der Waals surface area (Å²) < 4.78 is 0. The Balaban J connectivity index is 2.40. The summed E-state index contributed by atoms with van der Waals surface area (Å²) in [4.78, 5) is 27.2. The van der Waals surface area contributed by atoms with E-state index in [-0.39, 0.29) is 5.91 Å². The second kappa shape index (κ2) is 6.97. The summed E-state index contributed by atoms with van der Waals surface area (Å²) in [5.74, 6) is -1.16. The highest BCUT2D eigenvalue weighted by atomic mass is 16.2. The maximum absolute atomic E-state index is 12.8. The molecule has 28 heavy (non-hydrogen) atoms. The van der Waals surface area contributed by atoms with Crippen molar-refractivity contribution in [3.63, 3.8) is 0 Å². The van der Waals surface area contributed by atoms with Crippen LogP contribution in [0.3, 0.4) is 0 Å². The number of benzene rings is 2. The van der Waals surface area contributed by atoms with Crippen molar-refractivity contribution < 1.29 is 9.59 Å². The molecule has 2 aromatic rings. The summed E-state index contributed by atoms with van der Waals surface area (Å²) in [7, 11) is 0. The van der Waals surface area contributed by atoms with Gasteiger partial charge in [0.05, 0.1) is 17.1 Å². The standard InChI is InChI=1S/C23H28N3O2/c1-6-25-17-12-13-18-19(14-17)26(15(2)27)22(3,4)20(21(24)28)23(18,5)16-10-8-7-9-11-16/h7-11,13-14,20,25H,6H2,1-5H3,(H2,24,28). The molecule has 2 aromatic carbocycles. The predicted octanol–water partition coefficient (Wildman–Crippen LogP) is 3.47. The van der Waals surface area contributed by atoms with Crippen molar-refractivity contribution in [2.24, 2.45) is 11.7 Å². The number of hydrogen-bond donors (Lipinski definition) is 2. The molecule has 2 unspecified atom stereocenters. The first-order valence-electron chi connectivity index (χ1n) is 9.61. The van der Waals surface area contributed by atoms with E-state index in [1.165, 1.54) is 6.92 Å². The molecule has 0 fully saturated rings. The van der Waals surface area contributed by atoms with Crippen LogP contribution in [-0.4, -0.2) is 23.9 Å². The van der Waals surface area contributed by atoms with Crippen LogP contribution in [0.2, 0.25) is 0 Å². The third kappa shape index (κ3) is 2.86. The van der Waals surface area contributed by atoms with Gasteiger partial charge < -0.3 is 16.0 Å². The molecule has 1 radical (unpaired) electrons. The van der Waals surface area contributed by atoms with Crippen molar-refractivity contribution in [1.82, 2.24) is 0 Å². The maximum Gasteiger partial charge on any atom is 0.224 e. The number of rotatable bonds is 4. The van der Waals surface area contributed by atoms with E-state index in [0.29, 0.717) is 0 Å². The topological polar surface area (TPSA) is 75.4 Å². The number of nitrogens with one attached hydrogen (secondary N) is 1. The Kier molecular flexibility index (Phi) is 4.96. The summed E-state index contributed by atoms with van der Waals surface area (Å²) in [5, 5.41) is 3.26. The number of amides is 2. The molecule has 2 amide bonds. The van der Waals surface area contributed by atoms with E-state index < -0.39 is 22.8 Å². The van der Waals surface area contributed by atoms with Gasteiger partial charge in [0, 0.05) is 30.6 Å². The van der Waals surface area contributed by atoms with Crippen LogP contribution >= 0.6 is 0 Å². The van der Waals surface area contributed by atoms with E-state index in [2.05, 4.69) is 11.4 Å². The Hall–Kier alpha value is -2.82. The molecule has 1 aliphatic rings. The van der Waals surface area contributed by atoms with Crippen LogP contribution in [-0.2, 0) is 15.0 Å². The second-order valence-electron chi connectivity index (χ2n) is 8.09. The van der Waals surface area contributed by atoms with Gasteiger partial charge in [0.15, 0.2) is 0 Å². The number of carbonyl (C=O) groups is 2. The number of fused-ring (bicyclic) bond motifs is 1. The third-order valence-electron chi connectivity index (χ3n) is 5.93. The van der Waals surface area contributed by atoms with Gasteiger partial charge in [-0.3, -0.25) is 9.59 Å². The van der Waals surface area contributed by atoms with Crippen LogP contribution < -0.4 is 16.0 Å². The van der Waals surface area contributed by atoms with Crippen molar-refractivity contribution >= 4 is 23.2 Å². The van der Waals surface area contributed by atoms with E-state index in [4.69, 9.17) is 5.73 Å². The first-order chi connectivity index (χ1) is 13.2. The van der Waals surface area contributed by atoms with Crippen LogP contribution in [0.1, 0.15) is 45.7 Å². The van der Waals surface area contributed by atoms with Gasteiger partial charge in [-0.2, -0.15) is 0 Å². The van der Waals surface area contributed by atoms with Crippen LogP contribution in [0, 0.1) is 12.0 Å². The maximum atomic E-state index is 12.8. The van der Waals surface area contributed by atoms with Gasteiger partial charge in [-0.05, 0) is 44.0 Å². The monoisotopic (exact) mass is 378 g/mol. The first-order valence-corrected chi connectivity index (χ1v) is 9.61. The van der Waals surface area contributed by atoms with Gasteiger partial charge in [-0.1, -0.05) is 37.3 Å². The molecule has 0 saturated heterocycles. The number of carbonyl (C=O) groups excluding carboxylic acids is 2. The summed E-state index contributed by atoms with van der Waals surface area (Å²) >= 11 is 0. The van der Waals surface area contributed by atoms with Crippen molar-refractivity contribution in [1.29, 1.82) is 0 Å². The van der Waals surface area contributed by atoms with E-state index in [9.17, 15) is 9.59 Å². The lowest BCUT2D eigenvalue weighted by atomic mass is 9.57. The minimum absolute atomic E-state index is 0.124. The van der Waals surface area contributed by atoms with Crippen LogP contribution in [0.15, 0.2) is 42.5 Å². The molecule has 0 aromatic heterocycles. The fourth-order valence-corrected chi connectivity index (χ4v) is 4.99. The lowest BCUT2D eigenvalue weighted by Crippen LogP contribution is -2.65. The highest BCUT2D eigenvalue weighted by molar-refractivity contribution is 5.98. The number of nitrogens with zero attached hydrogens (tertiary/aromatic N) is 1. The lowest BCUT2D eigenvalue weighted by Gasteiger charge is -2.55. The average molecular weight is 378 g/mol. The van der Waals surface area contributed by atoms with Gasteiger partial charge >= 0.3 is 0 Å². The molecular formula is C23H28N3O2. The molecule has 1 aliphatic heterocycles. The molecular weight excluding hydrogens is 350 g/mol. The lowest BCUT2D eigenvalue weighted by molar-refractivity contribution is -0.127. The fraction of sp³-hybridized carbons (Fsp3) is 0.391. The normalized spacial score (nSPS) is 23.0. The first kappa shape index (κ1) is 19.9. The zero-order valence-electron chi connectivity index (χ0n) is 17.2. The summed E-state index contributed by atoms with van der Waals surface area (Å²) in [6.45, 7) is 10.2. The van der Waals surface area contributed by atoms with Gasteiger partial charge in [-0.25, -0.2) is 0 Å². The molecule has 5 nitrogen and oxygen atoms in total. The van der Waals surface area contributed by atoms with Crippen molar-refractivity contribution in [3.05, 3.63) is 59.7 Å². The molecule has 147 valence electrons. The van der Waals surface area contributed by atoms with Crippen LogP contribution in [0.5, 0.6) is 0 Å². The molecule has 2 atom stereocenters. The zero-order valence-corrected chi connectivity index (χ0v) is 17.2. The Labute approximate surface area is 166 Å². The minimum atomic E-state index is -0.805. The van der Waals surface area contributed by atoms with E-state index >= 15 is 0 Å². The fourth-order valence-electron chi connectivity index (χ4n) is 4.99. The quantitative estimate of drug-likeness (QED) is 0.855. The van der Waals surface area contributed by atoms with Gasteiger partial charge in [0.2, 0.25) is 11.8 Å². The van der Waals surface area contributed by atoms with E-state index in [1.54, 1.807) is 4.90 Å². The Morgan fingerprint density at radius 1 is 1.21 bits per heavy atom. The Bertz CT molecular complexity index is 907. The molecule has 1 heterocycles. The van der Waals surface area contributed by atoms with E-state index in [0.717, 1.165) is 29.0 Å². The van der Waals surface area contributed by atoms with Crippen LogP contribution in [0.25, 0.3) is 0 Å². The highest BCUT2D eigenvalue weighted by Crippen LogP contribution is 2.54. The molecule has 3 N–H and O–H groups in total. The molecule has 0 aliphatic carbocycles.